The molecule has 2 N–H and O–H groups in total. The molecule has 0 heterocycles. The molecule has 0 spiro atoms. The van der Waals surface area contributed by atoms with Crippen LogP contribution in [0.1, 0.15) is 18.6 Å². The van der Waals surface area contributed by atoms with Crippen LogP contribution >= 0.6 is 11.6 Å². The van der Waals surface area contributed by atoms with Gasteiger partial charge in [-0.1, -0.05) is 41.9 Å². The summed E-state index contributed by atoms with van der Waals surface area (Å²) in [5.41, 5.74) is 0.656. The highest BCUT2D eigenvalue weighted by Gasteiger charge is 2.23. The van der Waals surface area contributed by atoms with E-state index in [2.05, 4.69) is 4.72 Å². The van der Waals surface area contributed by atoms with Crippen LogP contribution < -0.4 is 4.72 Å². The second-order valence-corrected chi connectivity index (χ2v) is 6.87. The van der Waals surface area contributed by atoms with Crippen molar-refractivity contribution in [2.75, 3.05) is 0 Å². The normalized spacial score (nSPS) is 14.6. The molecule has 0 saturated heterocycles. The number of halogens is 1. The summed E-state index contributed by atoms with van der Waals surface area (Å²) in [5.74, 6) is 0. The quantitative estimate of drug-likeness (QED) is 0.888. The molecule has 2 atom stereocenters. The van der Waals surface area contributed by atoms with Gasteiger partial charge in [-0.25, -0.2) is 13.1 Å². The number of rotatable bonds is 5. The molecule has 0 aromatic heterocycles. The summed E-state index contributed by atoms with van der Waals surface area (Å²) in [4.78, 5) is 0.110. The fourth-order valence-corrected chi connectivity index (χ4v) is 3.30. The average molecular weight is 326 g/mol. The number of hydrogen-bond acceptors (Lipinski definition) is 3. The van der Waals surface area contributed by atoms with Gasteiger partial charge in [0.05, 0.1) is 11.0 Å². The Morgan fingerprint density at radius 1 is 1.05 bits per heavy atom. The van der Waals surface area contributed by atoms with E-state index in [1.807, 2.05) is 6.07 Å². The van der Waals surface area contributed by atoms with Crippen LogP contribution in [0.4, 0.5) is 0 Å². The molecule has 2 aromatic carbocycles. The minimum absolute atomic E-state index is 0.110. The molecule has 0 fully saturated rings. The molecule has 4 nitrogen and oxygen atoms in total. The summed E-state index contributed by atoms with van der Waals surface area (Å²) in [5, 5.41) is 10.7. The summed E-state index contributed by atoms with van der Waals surface area (Å²) in [6.45, 7) is 1.62. The second-order valence-electron chi connectivity index (χ2n) is 4.72. The van der Waals surface area contributed by atoms with Crippen LogP contribution in [0.2, 0.25) is 5.02 Å². The van der Waals surface area contributed by atoms with E-state index < -0.39 is 22.2 Å². The van der Waals surface area contributed by atoms with Gasteiger partial charge in [0.15, 0.2) is 0 Å². The molecule has 2 unspecified atom stereocenters. The third-order valence-corrected chi connectivity index (χ3v) is 4.91. The lowest BCUT2D eigenvalue weighted by Gasteiger charge is -2.20. The fourth-order valence-electron chi connectivity index (χ4n) is 1.93. The zero-order valence-electron chi connectivity index (χ0n) is 11.4. The van der Waals surface area contributed by atoms with Crippen LogP contribution in [0.25, 0.3) is 0 Å². The van der Waals surface area contributed by atoms with Gasteiger partial charge in [0.25, 0.3) is 0 Å². The number of aliphatic hydroxyl groups is 1. The van der Waals surface area contributed by atoms with Crippen LogP contribution in [0.15, 0.2) is 59.5 Å². The van der Waals surface area contributed by atoms with Gasteiger partial charge in [-0.05, 0) is 36.8 Å². The first-order valence-electron chi connectivity index (χ1n) is 6.41. The Bertz CT molecular complexity index is 687. The van der Waals surface area contributed by atoms with Crippen LogP contribution in [0.5, 0.6) is 0 Å². The van der Waals surface area contributed by atoms with Crippen molar-refractivity contribution in [3.8, 4) is 0 Å². The highest BCUT2D eigenvalue weighted by atomic mass is 35.5. The highest BCUT2D eigenvalue weighted by molar-refractivity contribution is 7.89. The van der Waals surface area contributed by atoms with E-state index in [1.54, 1.807) is 31.2 Å². The Morgan fingerprint density at radius 3 is 2.19 bits per heavy atom. The van der Waals surface area contributed by atoms with Gasteiger partial charge in [0.2, 0.25) is 10.0 Å². The van der Waals surface area contributed by atoms with Gasteiger partial charge in [0, 0.05) is 11.1 Å². The molecule has 0 aliphatic carbocycles. The van der Waals surface area contributed by atoms with Crippen molar-refractivity contribution in [2.24, 2.45) is 0 Å². The number of aliphatic hydroxyl groups excluding tert-OH is 1. The van der Waals surface area contributed by atoms with Gasteiger partial charge >= 0.3 is 0 Å². The molecular weight excluding hydrogens is 310 g/mol. The predicted octanol–water partition coefficient (Wildman–Crippen LogP) is 2.74. The maximum Gasteiger partial charge on any atom is 0.240 e. The van der Waals surface area contributed by atoms with E-state index in [1.165, 1.54) is 24.3 Å². The van der Waals surface area contributed by atoms with Gasteiger partial charge in [0.1, 0.15) is 0 Å². The Labute approximate surface area is 129 Å². The zero-order chi connectivity index (χ0) is 15.5. The maximum atomic E-state index is 12.2. The zero-order valence-corrected chi connectivity index (χ0v) is 13.0. The van der Waals surface area contributed by atoms with Crippen molar-refractivity contribution >= 4 is 21.6 Å². The smallest absolute Gasteiger partial charge is 0.240 e. The minimum Gasteiger partial charge on any atom is -0.387 e. The van der Waals surface area contributed by atoms with Crippen molar-refractivity contribution in [3.63, 3.8) is 0 Å². The number of benzene rings is 2. The van der Waals surface area contributed by atoms with Crippen molar-refractivity contribution in [1.82, 2.24) is 4.72 Å². The van der Waals surface area contributed by atoms with E-state index in [0.717, 1.165) is 0 Å². The summed E-state index contributed by atoms with van der Waals surface area (Å²) in [6, 6.07) is 14.1. The largest absolute Gasteiger partial charge is 0.387 e. The third kappa shape index (κ3) is 4.04. The summed E-state index contributed by atoms with van der Waals surface area (Å²) in [7, 11) is -3.70. The van der Waals surface area contributed by atoms with Crippen molar-refractivity contribution < 1.29 is 13.5 Å². The van der Waals surface area contributed by atoms with Crippen molar-refractivity contribution in [2.45, 2.75) is 24.0 Å². The highest BCUT2D eigenvalue weighted by Crippen LogP contribution is 2.19. The maximum absolute atomic E-state index is 12.2. The molecule has 21 heavy (non-hydrogen) atoms. The van der Waals surface area contributed by atoms with Crippen LogP contribution in [0.3, 0.4) is 0 Å². The summed E-state index contributed by atoms with van der Waals surface area (Å²) < 4.78 is 26.9. The summed E-state index contributed by atoms with van der Waals surface area (Å²) in [6.07, 6.45) is -0.923. The standard InChI is InChI=1S/C15H16ClNO3S/c1-11(15(18)12-5-3-2-4-6-12)17-21(19,20)14-9-7-13(16)8-10-14/h2-11,15,17-18H,1H3. The molecule has 0 aliphatic heterocycles. The monoisotopic (exact) mass is 325 g/mol. The lowest BCUT2D eigenvalue weighted by atomic mass is 10.0. The van der Waals surface area contributed by atoms with Crippen LogP contribution in [-0.2, 0) is 10.0 Å². The van der Waals surface area contributed by atoms with E-state index in [9.17, 15) is 13.5 Å². The Morgan fingerprint density at radius 2 is 1.62 bits per heavy atom. The van der Waals surface area contributed by atoms with E-state index in [4.69, 9.17) is 11.6 Å². The number of nitrogens with one attached hydrogen (secondary N) is 1. The lowest BCUT2D eigenvalue weighted by Crippen LogP contribution is -2.37. The fraction of sp³-hybridized carbons (Fsp3) is 0.200. The molecule has 0 aliphatic rings. The van der Waals surface area contributed by atoms with Crippen molar-refractivity contribution in [3.05, 3.63) is 65.2 Å². The van der Waals surface area contributed by atoms with E-state index in [-0.39, 0.29) is 4.90 Å². The SMILES string of the molecule is CC(NS(=O)(=O)c1ccc(Cl)cc1)C(O)c1ccccc1. The first-order chi connectivity index (χ1) is 9.90. The molecule has 2 rings (SSSR count). The molecule has 2 aromatic rings. The first kappa shape index (κ1) is 16.0. The van der Waals surface area contributed by atoms with Gasteiger partial charge in [-0.3, -0.25) is 0 Å². The lowest BCUT2D eigenvalue weighted by molar-refractivity contribution is 0.146. The number of hydrogen-bond donors (Lipinski definition) is 2. The van der Waals surface area contributed by atoms with E-state index in [0.29, 0.717) is 10.6 Å². The molecule has 0 saturated carbocycles. The molecule has 0 bridgehead atoms. The predicted molar refractivity (Wildman–Crippen MR) is 82.6 cm³/mol. The molecule has 0 amide bonds. The molecule has 112 valence electrons. The van der Waals surface area contributed by atoms with Crippen molar-refractivity contribution in [1.29, 1.82) is 0 Å². The molecular formula is C15H16ClNO3S. The Hall–Kier alpha value is -1.40. The van der Waals surface area contributed by atoms with Crippen LogP contribution in [0, 0.1) is 0 Å². The number of sulfonamides is 1. The Balaban J connectivity index is 2.14. The molecule has 6 heteroatoms. The Kier molecular flexibility index (Phi) is 5.00. The molecule has 0 radical (unpaired) electrons. The average Bonchev–Trinajstić information content (AvgIpc) is 2.47. The van der Waals surface area contributed by atoms with Gasteiger partial charge in [-0.15, -0.1) is 0 Å². The second kappa shape index (κ2) is 6.58. The topological polar surface area (TPSA) is 66.4 Å². The third-order valence-electron chi connectivity index (χ3n) is 3.08. The summed E-state index contributed by atoms with van der Waals surface area (Å²) >= 11 is 5.74. The van der Waals surface area contributed by atoms with Gasteiger partial charge < -0.3 is 5.11 Å². The van der Waals surface area contributed by atoms with Gasteiger partial charge in [-0.2, -0.15) is 0 Å². The van der Waals surface area contributed by atoms with E-state index >= 15 is 0 Å². The minimum atomic E-state index is -3.70. The first-order valence-corrected chi connectivity index (χ1v) is 8.27. The van der Waals surface area contributed by atoms with Crippen LogP contribution in [-0.4, -0.2) is 19.6 Å².